The van der Waals surface area contributed by atoms with Crippen LogP contribution in [0, 0.1) is 0 Å². The van der Waals surface area contributed by atoms with Crippen molar-refractivity contribution in [2.75, 3.05) is 6.61 Å². The zero-order valence-electron chi connectivity index (χ0n) is 11.4. The maximum Gasteiger partial charge on any atom is 0.407 e. The molecule has 2 fully saturated rings. The number of amides is 1. The van der Waals surface area contributed by atoms with Crippen LogP contribution in [0.5, 0.6) is 0 Å². The third-order valence-corrected chi connectivity index (χ3v) is 2.90. The summed E-state index contributed by atoms with van der Waals surface area (Å²) in [5.74, 6) is 0. The molecule has 1 aliphatic carbocycles. The predicted octanol–water partition coefficient (Wildman–Crippen LogP) is 2.20. The van der Waals surface area contributed by atoms with E-state index in [1.807, 2.05) is 20.8 Å². The Kier molecular flexibility index (Phi) is 4.12. The third-order valence-electron chi connectivity index (χ3n) is 2.90. The molecule has 0 bridgehead atoms. The van der Waals surface area contributed by atoms with E-state index in [1.165, 1.54) is 0 Å². The highest BCUT2D eigenvalue weighted by molar-refractivity contribution is 5.68. The summed E-state index contributed by atoms with van der Waals surface area (Å²) in [6.07, 6.45) is 3.69. The fourth-order valence-corrected chi connectivity index (χ4v) is 1.95. The van der Waals surface area contributed by atoms with Crippen LogP contribution in [0.2, 0.25) is 0 Å². The van der Waals surface area contributed by atoms with E-state index in [0.29, 0.717) is 0 Å². The van der Waals surface area contributed by atoms with Crippen molar-refractivity contribution in [3.05, 3.63) is 0 Å². The van der Waals surface area contributed by atoms with E-state index in [9.17, 15) is 4.79 Å². The molecular weight excluding hydrogens is 234 g/mol. The van der Waals surface area contributed by atoms with Crippen molar-refractivity contribution in [3.8, 4) is 0 Å². The number of hydrogen-bond acceptors (Lipinski definition) is 4. The Hall–Kier alpha value is -0.810. The van der Waals surface area contributed by atoms with Crippen LogP contribution in [-0.4, -0.2) is 36.7 Å². The summed E-state index contributed by atoms with van der Waals surface area (Å²) in [4.78, 5) is 11.5. The van der Waals surface area contributed by atoms with Gasteiger partial charge in [0.05, 0.1) is 12.1 Å². The number of ether oxygens (including phenoxy) is 3. The van der Waals surface area contributed by atoms with Crippen LogP contribution < -0.4 is 5.32 Å². The molecule has 5 heteroatoms. The fraction of sp³-hybridized carbons (Fsp3) is 0.923. The molecule has 0 aromatic carbocycles. The number of hydrogen-bond donors (Lipinski definition) is 1. The molecule has 3 unspecified atom stereocenters. The molecular formula is C13H23NO4. The van der Waals surface area contributed by atoms with Gasteiger partial charge >= 0.3 is 6.09 Å². The maximum absolute atomic E-state index is 11.5. The normalized spacial score (nSPS) is 31.8. The fourth-order valence-electron chi connectivity index (χ4n) is 1.95. The molecule has 1 saturated heterocycles. The Bertz CT molecular complexity index is 294. The highest BCUT2D eigenvalue weighted by Crippen LogP contribution is 2.29. The molecule has 0 aromatic rings. The van der Waals surface area contributed by atoms with Gasteiger partial charge < -0.3 is 19.5 Å². The van der Waals surface area contributed by atoms with Gasteiger partial charge in [0.2, 0.25) is 0 Å². The van der Waals surface area contributed by atoms with Gasteiger partial charge in [0.25, 0.3) is 0 Å². The molecule has 104 valence electrons. The molecule has 1 aliphatic heterocycles. The lowest BCUT2D eigenvalue weighted by Crippen LogP contribution is -2.35. The second-order valence-corrected chi connectivity index (χ2v) is 5.96. The van der Waals surface area contributed by atoms with Gasteiger partial charge in [0.1, 0.15) is 5.60 Å². The van der Waals surface area contributed by atoms with Crippen LogP contribution in [0.25, 0.3) is 0 Å². The number of rotatable bonds is 3. The standard InChI is InChI=1S/C13H23NO4/c1-13(2,3)18-12(15)14-9-8-10(9)17-11-6-4-5-7-16-11/h9-11H,4-8H2,1-3H3,(H,14,15). The topological polar surface area (TPSA) is 56.8 Å². The van der Waals surface area contributed by atoms with Crippen molar-refractivity contribution in [1.29, 1.82) is 0 Å². The second kappa shape index (κ2) is 5.45. The number of nitrogens with one attached hydrogen (secondary N) is 1. The highest BCUT2D eigenvalue weighted by Gasteiger charge is 2.42. The Morgan fingerprint density at radius 2 is 2.11 bits per heavy atom. The third kappa shape index (κ3) is 4.46. The zero-order valence-corrected chi connectivity index (χ0v) is 11.4. The lowest BCUT2D eigenvalue weighted by Gasteiger charge is -2.23. The van der Waals surface area contributed by atoms with E-state index < -0.39 is 5.60 Å². The number of alkyl carbamates (subject to hydrolysis) is 1. The number of carbonyl (C=O) groups excluding carboxylic acids is 1. The summed E-state index contributed by atoms with van der Waals surface area (Å²) in [5, 5.41) is 2.81. The monoisotopic (exact) mass is 257 g/mol. The maximum atomic E-state index is 11.5. The van der Waals surface area contributed by atoms with Crippen molar-refractivity contribution < 1.29 is 19.0 Å². The van der Waals surface area contributed by atoms with Gasteiger partial charge in [-0.25, -0.2) is 4.79 Å². The van der Waals surface area contributed by atoms with Gasteiger partial charge in [-0.1, -0.05) is 0 Å². The molecule has 1 saturated carbocycles. The van der Waals surface area contributed by atoms with Crippen LogP contribution in [0.1, 0.15) is 46.5 Å². The van der Waals surface area contributed by atoms with E-state index in [0.717, 1.165) is 32.3 Å². The van der Waals surface area contributed by atoms with Gasteiger partial charge in [0, 0.05) is 6.61 Å². The first-order valence-electron chi connectivity index (χ1n) is 6.70. The summed E-state index contributed by atoms with van der Waals surface area (Å²) in [6, 6.07) is 0.0744. The highest BCUT2D eigenvalue weighted by atomic mass is 16.7. The summed E-state index contributed by atoms with van der Waals surface area (Å²) in [7, 11) is 0. The summed E-state index contributed by atoms with van der Waals surface area (Å²) >= 11 is 0. The van der Waals surface area contributed by atoms with Crippen molar-refractivity contribution in [3.63, 3.8) is 0 Å². The van der Waals surface area contributed by atoms with Crippen molar-refractivity contribution in [2.45, 2.75) is 70.5 Å². The summed E-state index contributed by atoms with van der Waals surface area (Å²) in [5.41, 5.74) is -0.457. The largest absolute Gasteiger partial charge is 0.444 e. The lowest BCUT2D eigenvalue weighted by atomic mass is 10.2. The molecule has 3 atom stereocenters. The lowest BCUT2D eigenvalue weighted by molar-refractivity contribution is -0.169. The quantitative estimate of drug-likeness (QED) is 0.842. The second-order valence-electron chi connectivity index (χ2n) is 5.96. The summed E-state index contributed by atoms with van der Waals surface area (Å²) in [6.45, 7) is 6.33. The van der Waals surface area contributed by atoms with Gasteiger partial charge in [-0.3, -0.25) is 0 Å². The minimum Gasteiger partial charge on any atom is -0.444 e. The Labute approximate surface area is 108 Å². The molecule has 0 radical (unpaired) electrons. The van der Waals surface area contributed by atoms with E-state index >= 15 is 0 Å². The summed E-state index contributed by atoms with van der Waals surface area (Å²) < 4.78 is 16.4. The molecule has 0 aromatic heterocycles. The van der Waals surface area contributed by atoms with Crippen molar-refractivity contribution >= 4 is 6.09 Å². The van der Waals surface area contributed by atoms with Gasteiger partial charge in [-0.05, 0) is 46.5 Å². The van der Waals surface area contributed by atoms with Crippen LogP contribution in [0.15, 0.2) is 0 Å². The molecule has 0 spiro atoms. The molecule has 1 N–H and O–H groups in total. The van der Waals surface area contributed by atoms with Crippen LogP contribution in [0.4, 0.5) is 4.79 Å². The first-order chi connectivity index (χ1) is 8.44. The van der Waals surface area contributed by atoms with E-state index in [4.69, 9.17) is 14.2 Å². The average Bonchev–Trinajstić information content (AvgIpc) is 2.94. The Morgan fingerprint density at radius 1 is 1.33 bits per heavy atom. The van der Waals surface area contributed by atoms with Gasteiger partial charge in [-0.15, -0.1) is 0 Å². The minimum atomic E-state index is -0.457. The van der Waals surface area contributed by atoms with E-state index in [-0.39, 0.29) is 24.5 Å². The van der Waals surface area contributed by atoms with Crippen molar-refractivity contribution in [1.82, 2.24) is 5.32 Å². The van der Waals surface area contributed by atoms with Gasteiger partial charge in [-0.2, -0.15) is 0 Å². The Balaban J connectivity index is 1.63. The molecule has 2 rings (SSSR count). The van der Waals surface area contributed by atoms with Crippen LogP contribution in [0.3, 0.4) is 0 Å². The zero-order chi connectivity index (χ0) is 13.2. The molecule has 2 aliphatic rings. The number of carbonyl (C=O) groups is 1. The van der Waals surface area contributed by atoms with Gasteiger partial charge in [0.15, 0.2) is 6.29 Å². The first-order valence-corrected chi connectivity index (χ1v) is 6.70. The minimum absolute atomic E-state index is 0.0744. The molecule has 18 heavy (non-hydrogen) atoms. The molecule has 5 nitrogen and oxygen atoms in total. The predicted molar refractivity (Wildman–Crippen MR) is 66.2 cm³/mol. The molecule has 1 amide bonds. The average molecular weight is 257 g/mol. The SMILES string of the molecule is CC(C)(C)OC(=O)NC1CC1OC1CCCCO1. The van der Waals surface area contributed by atoms with E-state index in [1.54, 1.807) is 0 Å². The first kappa shape index (κ1) is 13.6. The van der Waals surface area contributed by atoms with Crippen LogP contribution in [-0.2, 0) is 14.2 Å². The smallest absolute Gasteiger partial charge is 0.407 e. The van der Waals surface area contributed by atoms with Crippen LogP contribution >= 0.6 is 0 Å². The molecule has 1 heterocycles. The van der Waals surface area contributed by atoms with Crippen molar-refractivity contribution in [2.24, 2.45) is 0 Å². The Morgan fingerprint density at radius 3 is 2.72 bits per heavy atom. The van der Waals surface area contributed by atoms with E-state index in [2.05, 4.69) is 5.32 Å².